The van der Waals surface area contributed by atoms with E-state index in [9.17, 15) is 4.79 Å². The van der Waals surface area contributed by atoms with Crippen molar-refractivity contribution in [2.75, 3.05) is 20.2 Å². The van der Waals surface area contributed by atoms with E-state index in [1.807, 2.05) is 13.1 Å². The molecule has 0 N–H and O–H groups in total. The fourth-order valence-corrected chi connectivity index (χ4v) is 4.13. The van der Waals surface area contributed by atoms with Crippen LogP contribution in [0.15, 0.2) is 6.20 Å². The lowest BCUT2D eigenvalue weighted by atomic mass is 9.90. The zero-order chi connectivity index (χ0) is 16.9. The van der Waals surface area contributed by atoms with Crippen molar-refractivity contribution in [1.82, 2.24) is 14.9 Å². The number of aromatic nitrogens is 2. The largest absolute Gasteiger partial charge is 0.380 e. The molecule has 1 aromatic heterocycles. The van der Waals surface area contributed by atoms with Crippen LogP contribution in [0.1, 0.15) is 67.9 Å². The highest BCUT2D eigenvalue weighted by molar-refractivity contribution is 5.76. The van der Waals surface area contributed by atoms with Gasteiger partial charge in [-0.15, -0.1) is 0 Å². The Labute approximate surface area is 144 Å². The normalized spacial score (nSPS) is 19.8. The number of methoxy groups -OCH3 is 1. The van der Waals surface area contributed by atoms with Crippen molar-refractivity contribution in [2.24, 2.45) is 5.92 Å². The molecular formula is C19H29N3O2. The molecule has 0 unspecified atom stereocenters. The third-order valence-electron chi connectivity index (χ3n) is 5.49. The zero-order valence-electron chi connectivity index (χ0n) is 15.0. The summed E-state index contributed by atoms with van der Waals surface area (Å²) in [6.07, 6.45) is 9.70. The third-order valence-corrected chi connectivity index (χ3v) is 5.49. The van der Waals surface area contributed by atoms with E-state index >= 15 is 0 Å². The van der Waals surface area contributed by atoms with E-state index in [1.165, 1.54) is 25.7 Å². The quantitative estimate of drug-likeness (QED) is 0.831. The molecule has 2 heterocycles. The van der Waals surface area contributed by atoms with Crippen LogP contribution in [0.25, 0.3) is 0 Å². The number of carbonyl (C=O) groups excluding carboxylic acids is 1. The second kappa shape index (κ2) is 8.06. The lowest BCUT2D eigenvalue weighted by Crippen LogP contribution is -2.38. The summed E-state index contributed by atoms with van der Waals surface area (Å²) >= 11 is 0. The molecular weight excluding hydrogens is 302 g/mol. The molecule has 1 saturated heterocycles. The highest BCUT2D eigenvalue weighted by Crippen LogP contribution is 2.32. The first kappa shape index (κ1) is 17.3. The van der Waals surface area contributed by atoms with Crippen LogP contribution in [0.4, 0.5) is 0 Å². The second-order valence-corrected chi connectivity index (χ2v) is 7.27. The van der Waals surface area contributed by atoms with Gasteiger partial charge < -0.3 is 9.64 Å². The summed E-state index contributed by atoms with van der Waals surface area (Å²) in [5.74, 6) is 2.21. The number of likely N-dealkylation sites (tertiary alicyclic amines) is 1. The highest BCUT2D eigenvalue weighted by Gasteiger charge is 2.28. The average Bonchev–Trinajstić information content (AvgIpc) is 3.10. The Morgan fingerprint density at radius 3 is 2.62 bits per heavy atom. The number of carbonyl (C=O) groups is 1. The summed E-state index contributed by atoms with van der Waals surface area (Å²) in [7, 11) is 1.70. The Balaban J connectivity index is 1.58. The van der Waals surface area contributed by atoms with Crippen molar-refractivity contribution in [3.63, 3.8) is 0 Å². The van der Waals surface area contributed by atoms with E-state index in [4.69, 9.17) is 4.74 Å². The van der Waals surface area contributed by atoms with Crippen molar-refractivity contribution in [1.29, 1.82) is 0 Å². The van der Waals surface area contributed by atoms with E-state index in [0.717, 1.165) is 49.4 Å². The SMILES string of the molecule is COCc1cnc(C)nc1C1CCN(C(=O)CC2CCCC2)CC1. The molecule has 1 aliphatic heterocycles. The molecule has 0 aromatic carbocycles. The van der Waals surface area contributed by atoms with Gasteiger partial charge in [0.25, 0.3) is 0 Å². The molecule has 1 aliphatic carbocycles. The van der Waals surface area contributed by atoms with Crippen molar-refractivity contribution in [3.8, 4) is 0 Å². The smallest absolute Gasteiger partial charge is 0.222 e. The van der Waals surface area contributed by atoms with Gasteiger partial charge in [0.1, 0.15) is 5.82 Å². The fraction of sp³-hybridized carbons (Fsp3) is 0.737. The van der Waals surface area contributed by atoms with E-state index < -0.39 is 0 Å². The van der Waals surface area contributed by atoms with Crippen LogP contribution < -0.4 is 0 Å². The molecule has 0 atom stereocenters. The fourth-order valence-electron chi connectivity index (χ4n) is 4.13. The van der Waals surface area contributed by atoms with Gasteiger partial charge in [-0.2, -0.15) is 0 Å². The number of piperidine rings is 1. The number of rotatable bonds is 5. The second-order valence-electron chi connectivity index (χ2n) is 7.27. The molecule has 0 bridgehead atoms. The molecule has 2 aliphatic rings. The van der Waals surface area contributed by atoms with Crippen molar-refractivity contribution in [3.05, 3.63) is 23.3 Å². The Kier molecular flexibility index (Phi) is 5.82. The van der Waals surface area contributed by atoms with Gasteiger partial charge >= 0.3 is 0 Å². The zero-order valence-corrected chi connectivity index (χ0v) is 15.0. The minimum atomic E-state index is 0.358. The summed E-state index contributed by atoms with van der Waals surface area (Å²) in [5, 5.41) is 0. The lowest BCUT2D eigenvalue weighted by Gasteiger charge is -2.33. The van der Waals surface area contributed by atoms with Crippen molar-refractivity contribution in [2.45, 2.75) is 64.4 Å². The van der Waals surface area contributed by atoms with Gasteiger partial charge in [-0.3, -0.25) is 4.79 Å². The number of hydrogen-bond acceptors (Lipinski definition) is 4. The predicted molar refractivity (Wildman–Crippen MR) is 92.6 cm³/mol. The molecule has 132 valence electrons. The van der Waals surface area contributed by atoms with Crippen LogP contribution in [0, 0.1) is 12.8 Å². The number of aryl methyl sites for hydroxylation is 1. The van der Waals surface area contributed by atoms with Gasteiger partial charge in [-0.05, 0) is 38.5 Å². The van der Waals surface area contributed by atoms with Gasteiger partial charge in [0.15, 0.2) is 0 Å². The van der Waals surface area contributed by atoms with Crippen LogP contribution in [0.2, 0.25) is 0 Å². The van der Waals surface area contributed by atoms with Crippen LogP contribution in [-0.4, -0.2) is 41.0 Å². The first-order valence-electron chi connectivity index (χ1n) is 9.26. The topological polar surface area (TPSA) is 55.3 Å². The Hall–Kier alpha value is -1.49. The number of ether oxygens (including phenoxy) is 1. The predicted octanol–water partition coefficient (Wildman–Crippen LogP) is 3.22. The Morgan fingerprint density at radius 2 is 1.96 bits per heavy atom. The van der Waals surface area contributed by atoms with Crippen LogP contribution in [-0.2, 0) is 16.1 Å². The lowest BCUT2D eigenvalue weighted by molar-refractivity contribution is -0.133. The van der Waals surface area contributed by atoms with E-state index in [2.05, 4.69) is 14.9 Å². The van der Waals surface area contributed by atoms with Gasteiger partial charge in [0, 0.05) is 44.3 Å². The van der Waals surface area contributed by atoms with Crippen LogP contribution in [0.5, 0.6) is 0 Å². The van der Waals surface area contributed by atoms with E-state index in [1.54, 1.807) is 7.11 Å². The standard InChI is InChI=1S/C19H29N3O2/c1-14-20-12-17(13-24-2)19(21-14)16-7-9-22(10-8-16)18(23)11-15-5-3-4-6-15/h12,15-16H,3-11,13H2,1-2H3. The summed E-state index contributed by atoms with van der Waals surface area (Å²) < 4.78 is 5.29. The molecule has 5 heteroatoms. The van der Waals surface area contributed by atoms with Gasteiger partial charge in [0.05, 0.1) is 12.3 Å². The third kappa shape index (κ3) is 4.12. The maximum absolute atomic E-state index is 12.5. The van der Waals surface area contributed by atoms with Crippen molar-refractivity contribution < 1.29 is 9.53 Å². The molecule has 1 aromatic rings. The molecule has 1 saturated carbocycles. The van der Waals surface area contributed by atoms with Gasteiger partial charge in [-0.25, -0.2) is 9.97 Å². The number of nitrogens with zero attached hydrogens (tertiary/aromatic N) is 3. The molecule has 0 spiro atoms. The van der Waals surface area contributed by atoms with Gasteiger partial charge in [-0.1, -0.05) is 12.8 Å². The highest BCUT2D eigenvalue weighted by atomic mass is 16.5. The maximum Gasteiger partial charge on any atom is 0.222 e. The number of amides is 1. The monoisotopic (exact) mass is 331 g/mol. The Morgan fingerprint density at radius 1 is 1.25 bits per heavy atom. The van der Waals surface area contributed by atoms with E-state index in [0.29, 0.717) is 24.3 Å². The van der Waals surface area contributed by atoms with Crippen LogP contribution in [0.3, 0.4) is 0 Å². The summed E-state index contributed by atoms with van der Waals surface area (Å²) in [4.78, 5) is 23.5. The summed E-state index contributed by atoms with van der Waals surface area (Å²) in [6, 6.07) is 0. The average molecular weight is 331 g/mol. The van der Waals surface area contributed by atoms with Crippen LogP contribution >= 0.6 is 0 Å². The molecule has 3 rings (SSSR count). The molecule has 5 nitrogen and oxygen atoms in total. The number of hydrogen-bond donors (Lipinski definition) is 0. The maximum atomic E-state index is 12.5. The minimum Gasteiger partial charge on any atom is -0.380 e. The molecule has 1 amide bonds. The summed E-state index contributed by atoms with van der Waals surface area (Å²) in [6.45, 7) is 4.19. The van der Waals surface area contributed by atoms with Crippen molar-refractivity contribution >= 4 is 5.91 Å². The van der Waals surface area contributed by atoms with E-state index in [-0.39, 0.29) is 0 Å². The first-order chi connectivity index (χ1) is 11.7. The summed E-state index contributed by atoms with van der Waals surface area (Å²) in [5.41, 5.74) is 2.20. The Bertz CT molecular complexity index is 562. The minimum absolute atomic E-state index is 0.358. The molecule has 2 fully saturated rings. The first-order valence-corrected chi connectivity index (χ1v) is 9.26. The van der Waals surface area contributed by atoms with Gasteiger partial charge in [0.2, 0.25) is 5.91 Å². The molecule has 0 radical (unpaired) electrons. The molecule has 24 heavy (non-hydrogen) atoms.